The number of benzene rings is 1. The van der Waals surface area contributed by atoms with Gasteiger partial charge in [-0.25, -0.2) is 4.39 Å². The Balaban J connectivity index is 2.44. The van der Waals surface area contributed by atoms with Crippen molar-refractivity contribution in [2.75, 3.05) is 5.32 Å². The number of fused-ring (bicyclic) bond motifs is 1. The molecule has 0 radical (unpaired) electrons. The summed E-state index contributed by atoms with van der Waals surface area (Å²) in [6.07, 6.45) is 1.70. The lowest BCUT2D eigenvalue weighted by molar-refractivity contribution is 0.0893. The third kappa shape index (κ3) is 1.70. The van der Waals surface area contributed by atoms with E-state index in [1.54, 1.807) is 6.07 Å². The molecule has 0 fully saturated rings. The van der Waals surface area contributed by atoms with E-state index in [0.717, 1.165) is 18.5 Å². The topological polar surface area (TPSA) is 29.1 Å². The van der Waals surface area contributed by atoms with Crippen LogP contribution in [0.5, 0.6) is 0 Å². The number of halogens is 1. The lowest BCUT2D eigenvalue weighted by Crippen LogP contribution is -2.38. The molecule has 2 nitrogen and oxygen atoms in total. The molecule has 0 aliphatic carbocycles. The van der Waals surface area contributed by atoms with Crippen molar-refractivity contribution in [3.63, 3.8) is 0 Å². The van der Waals surface area contributed by atoms with E-state index >= 15 is 0 Å². The lowest BCUT2D eigenvalue weighted by Gasteiger charge is -2.32. The molecule has 0 saturated heterocycles. The van der Waals surface area contributed by atoms with Crippen LogP contribution < -0.4 is 5.32 Å². The summed E-state index contributed by atoms with van der Waals surface area (Å²) < 4.78 is 13.1. The van der Waals surface area contributed by atoms with E-state index in [0.29, 0.717) is 5.56 Å². The highest BCUT2D eigenvalue weighted by atomic mass is 19.1. The molecule has 0 aromatic heterocycles. The number of carbonyl (C=O) groups excluding carboxylic acids is 1. The quantitative estimate of drug-likeness (QED) is 0.830. The Kier molecular flexibility index (Phi) is 2.95. The first-order valence-corrected chi connectivity index (χ1v) is 5.77. The lowest BCUT2D eigenvalue weighted by atomic mass is 9.83. The molecule has 2 unspecified atom stereocenters. The summed E-state index contributed by atoms with van der Waals surface area (Å²) in [6, 6.07) is 4.55. The Morgan fingerprint density at radius 3 is 2.69 bits per heavy atom. The van der Waals surface area contributed by atoms with Crippen LogP contribution in [-0.2, 0) is 0 Å². The zero-order valence-electron chi connectivity index (χ0n) is 9.59. The van der Waals surface area contributed by atoms with Gasteiger partial charge in [0, 0.05) is 23.2 Å². The summed E-state index contributed by atoms with van der Waals surface area (Å²) in [6.45, 7) is 4.05. The predicted octanol–water partition coefficient (Wildman–Crippen LogP) is 3.24. The molecule has 0 saturated carbocycles. The normalized spacial score (nSPS) is 23.8. The Hall–Kier alpha value is -1.38. The minimum atomic E-state index is -0.348. The molecule has 1 aromatic rings. The molecular weight excluding hydrogens is 205 g/mol. The molecule has 1 aliphatic rings. The summed E-state index contributed by atoms with van der Waals surface area (Å²) in [5.41, 5.74) is 1.26. The summed E-state index contributed by atoms with van der Waals surface area (Å²) in [7, 11) is 0. The maximum atomic E-state index is 13.1. The Labute approximate surface area is 94.9 Å². The Morgan fingerprint density at radius 2 is 2.06 bits per heavy atom. The fraction of sp³-hybridized carbons (Fsp3) is 0.462. The average Bonchev–Trinajstić information content (AvgIpc) is 2.29. The fourth-order valence-electron chi connectivity index (χ4n) is 2.39. The number of rotatable bonds is 2. The third-order valence-electron chi connectivity index (χ3n) is 3.29. The van der Waals surface area contributed by atoms with Crippen molar-refractivity contribution in [3.05, 3.63) is 29.6 Å². The first kappa shape index (κ1) is 11.1. The van der Waals surface area contributed by atoms with Gasteiger partial charge in [0.25, 0.3) is 0 Å². The van der Waals surface area contributed by atoms with E-state index in [-0.39, 0.29) is 23.6 Å². The van der Waals surface area contributed by atoms with Gasteiger partial charge < -0.3 is 5.32 Å². The largest absolute Gasteiger partial charge is 0.381 e. The van der Waals surface area contributed by atoms with Crippen LogP contribution in [0.2, 0.25) is 0 Å². The van der Waals surface area contributed by atoms with Crippen LogP contribution >= 0.6 is 0 Å². The smallest absolute Gasteiger partial charge is 0.170 e. The van der Waals surface area contributed by atoms with Gasteiger partial charge in [-0.05, 0) is 31.0 Å². The van der Waals surface area contributed by atoms with Gasteiger partial charge in [0.05, 0.1) is 0 Å². The van der Waals surface area contributed by atoms with E-state index < -0.39 is 0 Å². The van der Waals surface area contributed by atoms with Gasteiger partial charge in [-0.2, -0.15) is 0 Å². The van der Waals surface area contributed by atoms with Crippen LogP contribution in [0, 0.1) is 11.7 Å². The van der Waals surface area contributed by atoms with E-state index in [1.165, 1.54) is 12.1 Å². The average molecular weight is 221 g/mol. The van der Waals surface area contributed by atoms with E-state index in [1.807, 2.05) is 6.92 Å². The summed E-state index contributed by atoms with van der Waals surface area (Å²) in [5.74, 6) is -0.305. The molecule has 2 atom stereocenters. The molecule has 1 heterocycles. The molecule has 1 aromatic carbocycles. The van der Waals surface area contributed by atoms with Gasteiger partial charge >= 0.3 is 0 Å². The second-order valence-corrected chi connectivity index (χ2v) is 4.23. The zero-order valence-corrected chi connectivity index (χ0v) is 9.59. The Morgan fingerprint density at radius 1 is 1.31 bits per heavy atom. The van der Waals surface area contributed by atoms with Crippen molar-refractivity contribution in [3.8, 4) is 0 Å². The predicted molar refractivity (Wildman–Crippen MR) is 62.2 cm³/mol. The molecule has 3 heteroatoms. The number of nitrogens with one attached hydrogen (secondary N) is 1. The number of hydrogen-bond donors (Lipinski definition) is 1. The first-order chi connectivity index (χ1) is 7.67. The van der Waals surface area contributed by atoms with E-state index in [4.69, 9.17) is 0 Å². The number of hydrogen-bond acceptors (Lipinski definition) is 2. The highest BCUT2D eigenvalue weighted by Crippen LogP contribution is 2.31. The van der Waals surface area contributed by atoms with Crippen LogP contribution in [0.25, 0.3) is 0 Å². The van der Waals surface area contributed by atoms with Crippen molar-refractivity contribution < 1.29 is 9.18 Å². The van der Waals surface area contributed by atoms with Crippen molar-refractivity contribution >= 4 is 11.5 Å². The Bertz CT molecular complexity index is 416. The van der Waals surface area contributed by atoms with Crippen LogP contribution in [0.15, 0.2) is 18.2 Å². The van der Waals surface area contributed by atoms with Crippen LogP contribution in [0.4, 0.5) is 10.1 Å². The SMILES string of the molecule is CCC1Nc2ccc(F)cc2C(=O)C1CC. The highest BCUT2D eigenvalue weighted by Gasteiger charge is 2.32. The first-order valence-electron chi connectivity index (χ1n) is 5.77. The van der Waals surface area contributed by atoms with Gasteiger partial charge in [-0.15, -0.1) is 0 Å². The van der Waals surface area contributed by atoms with Gasteiger partial charge in [-0.1, -0.05) is 13.8 Å². The molecule has 0 amide bonds. The van der Waals surface area contributed by atoms with Crippen molar-refractivity contribution in [2.45, 2.75) is 32.7 Å². The van der Waals surface area contributed by atoms with E-state index in [9.17, 15) is 9.18 Å². The third-order valence-corrected chi connectivity index (χ3v) is 3.29. The molecule has 2 rings (SSSR count). The fourth-order valence-corrected chi connectivity index (χ4v) is 2.39. The molecule has 1 N–H and O–H groups in total. The minimum Gasteiger partial charge on any atom is -0.381 e. The number of Topliss-reactive ketones (excluding diaryl/α,β-unsaturated/α-hetero) is 1. The molecule has 1 aliphatic heterocycles. The minimum absolute atomic E-state index is 0.0284. The summed E-state index contributed by atoms with van der Waals surface area (Å²) >= 11 is 0. The molecular formula is C13H16FNO. The standard InChI is InChI=1S/C13H16FNO/c1-3-9-11(4-2)15-12-6-5-8(14)7-10(12)13(9)16/h5-7,9,11,15H,3-4H2,1-2H3. The second kappa shape index (κ2) is 4.24. The number of anilines is 1. The van der Waals surface area contributed by atoms with E-state index in [2.05, 4.69) is 12.2 Å². The molecule has 0 spiro atoms. The summed E-state index contributed by atoms with van der Waals surface area (Å²) in [4.78, 5) is 12.2. The molecule has 0 bridgehead atoms. The molecule has 86 valence electrons. The van der Waals surface area contributed by atoms with Gasteiger partial charge in [0.1, 0.15) is 5.82 Å². The van der Waals surface area contributed by atoms with Gasteiger partial charge in [-0.3, -0.25) is 4.79 Å². The number of ketones is 1. The maximum Gasteiger partial charge on any atom is 0.170 e. The van der Waals surface area contributed by atoms with Crippen LogP contribution in [0.3, 0.4) is 0 Å². The monoisotopic (exact) mass is 221 g/mol. The number of carbonyl (C=O) groups is 1. The van der Waals surface area contributed by atoms with Crippen molar-refractivity contribution in [2.24, 2.45) is 5.92 Å². The highest BCUT2D eigenvalue weighted by molar-refractivity contribution is 6.05. The second-order valence-electron chi connectivity index (χ2n) is 4.23. The van der Waals surface area contributed by atoms with Gasteiger partial charge in [0.15, 0.2) is 5.78 Å². The van der Waals surface area contributed by atoms with Crippen molar-refractivity contribution in [1.82, 2.24) is 0 Å². The van der Waals surface area contributed by atoms with Crippen LogP contribution in [-0.4, -0.2) is 11.8 Å². The summed E-state index contributed by atoms with van der Waals surface area (Å²) in [5, 5.41) is 3.32. The maximum absolute atomic E-state index is 13.1. The molecule has 16 heavy (non-hydrogen) atoms. The van der Waals surface area contributed by atoms with Gasteiger partial charge in [0.2, 0.25) is 0 Å². The van der Waals surface area contributed by atoms with Crippen molar-refractivity contribution in [1.29, 1.82) is 0 Å². The van der Waals surface area contributed by atoms with Crippen LogP contribution in [0.1, 0.15) is 37.0 Å². The zero-order chi connectivity index (χ0) is 11.7.